The van der Waals surface area contributed by atoms with Crippen LogP contribution in [-0.2, 0) is 13.6 Å². The van der Waals surface area contributed by atoms with E-state index >= 15 is 0 Å². The molecule has 1 amide bonds. The second kappa shape index (κ2) is 6.91. The smallest absolute Gasteiger partial charge is 0.253 e. The van der Waals surface area contributed by atoms with E-state index in [1.165, 1.54) is 0 Å². The van der Waals surface area contributed by atoms with Gasteiger partial charge in [0, 0.05) is 43.8 Å². The molecule has 1 fully saturated rings. The number of carbonyl (C=O) groups is 1. The molecule has 0 N–H and O–H groups in total. The number of rotatable bonds is 3. The maximum absolute atomic E-state index is 12.5. The van der Waals surface area contributed by atoms with Crippen LogP contribution in [-0.4, -0.2) is 51.4 Å². The highest BCUT2D eigenvalue weighted by atomic mass is 35.5. The molecule has 1 aliphatic heterocycles. The van der Waals surface area contributed by atoms with Crippen LogP contribution < -0.4 is 0 Å². The number of aromatic nitrogens is 2. The molecule has 0 saturated carbocycles. The van der Waals surface area contributed by atoms with E-state index in [4.69, 9.17) is 23.2 Å². The first-order chi connectivity index (χ1) is 11.0. The predicted octanol–water partition coefficient (Wildman–Crippen LogP) is 2.68. The van der Waals surface area contributed by atoms with Crippen LogP contribution in [0.1, 0.15) is 16.2 Å². The SMILES string of the molecule is Cn1c(Cl)cnc1CN1CCN(C(=O)c2cccc(Cl)c2)CC1. The Hall–Kier alpha value is -1.56. The molecule has 2 heterocycles. The number of hydrogen-bond acceptors (Lipinski definition) is 3. The second-order valence-electron chi connectivity index (χ2n) is 5.63. The molecular weight excluding hydrogens is 335 g/mol. The number of halogens is 2. The molecule has 1 aromatic heterocycles. The molecule has 0 bridgehead atoms. The lowest BCUT2D eigenvalue weighted by Crippen LogP contribution is -2.48. The van der Waals surface area contributed by atoms with Gasteiger partial charge in [0.05, 0.1) is 12.7 Å². The van der Waals surface area contributed by atoms with Crippen LogP contribution in [0.25, 0.3) is 0 Å². The van der Waals surface area contributed by atoms with Crippen molar-refractivity contribution in [2.24, 2.45) is 7.05 Å². The number of amides is 1. The van der Waals surface area contributed by atoms with E-state index in [1.807, 2.05) is 16.5 Å². The highest BCUT2D eigenvalue weighted by Crippen LogP contribution is 2.16. The summed E-state index contributed by atoms with van der Waals surface area (Å²) in [4.78, 5) is 21.0. The lowest BCUT2D eigenvalue weighted by Gasteiger charge is -2.34. The number of benzene rings is 1. The van der Waals surface area contributed by atoms with Gasteiger partial charge in [0.1, 0.15) is 11.0 Å². The van der Waals surface area contributed by atoms with Gasteiger partial charge in [-0.1, -0.05) is 29.3 Å². The van der Waals surface area contributed by atoms with Crippen LogP contribution in [0.5, 0.6) is 0 Å². The Labute approximate surface area is 145 Å². The Morgan fingerprint density at radius 2 is 1.96 bits per heavy atom. The average molecular weight is 353 g/mol. The maximum atomic E-state index is 12.5. The topological polar surface area (TPSA) is 41.4 Å². The molecule has 0 unspecified atom stereocenters. The fraction of sp³-hybridized carbons (Fsp3) is 0.375. The Balaban J connectivity index is 1.58. The van der Waals surface area contributed by atoms with Gasteiger partial charge in [0.2, 0.25) is 0 Å². The average Bonchev–Trinajstić information content (AvgIpc) is 2.87. The maximum Gasteiger partial charge on any atom is 0.253 e. The molecule has 1 saturated heterocycles. The zero-order valence-corrected chi connectivity index (χ0v) is 14.4. The van der Waals surface area contributed by atoms with Gasteiger partial charge in [-0.2, -0.15) is 0 Å². The van der Waals surface area contributed by atoms with Crippen molar-refractivity contribution < 1.29 is 4.79 Å². The number of imidazole rings is 1. The molecule has 2 aromatic rings. The van der Waals surface area contributed by atoms with Crippen LogP contribution in [0.3, 0.4) is 0 Å². The third-order valence-corrected chi connectivity index (χ3v) is 4.71. The van der Waals surface area contributed by atoms with E-state index in [-0.39, 0.29) is 5.91 Å². The minimum atomic E-state index is 0.0344. The van der Waals surface area contributed by atoms with E-state index in [0.29, 0.717) is 28.8 Å². The fourth-order valence-corrected chi connectivity index (χ4v) is 3.02. The summed E-state index contributed by atoms with van der Waals surface area (Å²) in [6, 6.07) is 7.09. The van der Waals surface area contributed by atoms with Gasteiger partial charge < -0.3 is 9.47 Å². The summed E-state index contributed by atoms with van der Waals surface area (Å²) in [5.74, 6) is 0.969. The first kappa shape index (κ1) is 16.3. The summed E-state index contributed by atoms with van der Waals surface area (Å²) >= 11 is 12.0. The van der Waals surface area contributed by atoms with Gasteiger partial charge in [0.25, 0.3) is 5.91 Å². The molecule has 1 aliphatic rings. The molecule has 0 radical (unpaired) electrons. The third-order valence-electron chi connectivity index (χ3n) is 4.12. The van der Waals surface area contributed by atoms with Gasteiger partial charge in [-0.3, -0.25) is 9.69 Å². The first-order valence-corrected chi connectivity index (χ1v) is 8.23. The predicted molar refractivity (Wildman–Crippen MR) is 90.9 cm³/mol. The molecule has 0 atom stereocenters. The van der Waals surface area contributed by atoms with E-state index in [0.717, 1.165) is 25.5 Å². The lowest BCUT2D eigenvalue weighted by molar-refractivity contribution is 0.0624. The molecule has 23 heavy (non-hydrogen) atoms. The van der Waals surface area contributed by atoms with Crippen LogP contribution in [0.2, 0.25) is 10.2 Å². The fourth-order valence-electron chi connectivity index (χ4n) is 2.68. The summed E-state index contributed by atoms with van der Waals surface area (Å²) in [7, 11) is 1.91. The zero-order valence-electron chi connectivity index (χ0n) is 12.9. The Bertz CT molecular complexity index is 708. The summed E-state index contributed by atoms with van der Waals surface area (Å²) in [6.07, 6.45) is 1.66. The molecule has 0 spiro atoms. The lowest BCUT2D eigenvalue weighted by atomic mass is 10.2. The zero-order chi connectivity index (χ0) is 16.4. The third kappa shape index (κ3) is 3.68. The summed E-state index contributed by atoms with van der Waals surface area (Å²) in [6.45, 7) is 3.77. The molecule has 7 heteroatoms. The van der Waals surface area contributed by atoms with E-state index in [9.17, 15) is 4.79 Å². The van der Waals surface area contributed by atoms with Crippen molar-refractivity contribution >= 4 is 29.1 Å². The minimum absolute atomic E-state index is 0.0344. The molecule has 0 aliphatic carbocycles. The molecular formula is C16H18Cl2N4O. The Kier molecular flexibility index (Phi) is 4.90. The summed E-state index contributed by atoms with van der Waals surface area (Å²) in [5, 5.41) is 1.22. The summed E-state index contributed by atoms with van der Waals surface area (Å²) in [5.41, 5.74) is 0.641. The van der Waals surface area contributed by atoms with Gasteiger partial charge >= 0.3 is 0 Å². The number of piperazine rings is 1. The van der Waals surface area contributed by atoms with Crippen molar-refractivity contribution in [2.75, 3.05) is 26.2 Å². The van der Waals surface area contributed by atoms with Crippen molar-refractivity contribution in [1.29, 1.82) is 0 Å². The van der Waals surface area contributed by atoms with Crippen molar-refractivity contribution in [3.8, 4) is 0 Å². The highest BCUT2D eigenvalue weighted by molar-refractivity contribution is 6.31. The molecule has 3 rings (SSSR count). The van der Waals surface area contributed by atoms with Gasteiger partial charge in [-0.15, -0.1) is 0 Å². The standard InChI is InChI=1S/C16H18Cl2N4O/c1-20-14(18)10-19-15(20)11-21-5-7-22(8-6-21)16(23)12-3-2-4-13(17)9-12/h2-4,9-10H,5-8,11H2,1H3. The number of nitrogens with zero attached hydrogens (tertiary/aromatic N) is 4. The van der Waals surface area contributed by atoms with Crippen LogP contribution in [0, 0.1) is 0 Å². The van der Waals surface area contributed by atoms with Crippen molar-refractivity contribution in [3.05, 3.63) is 52.0 Å². The van der Waals surface area contributed by atoms with Crippen LogP contribution >= 0.6 is 23.2 Å². The number of carbonyl (C=O) groups excluding carboxylic acids is 1. The van der Waals surface area contributed by atoms with Crippen molar-refractivity contribution in [1.82, 2.24) is 19.4 Å². The highest BCUT2D eigenvalue weighted by Gasteiger charge is 2.23. The van der Waals surface area contributed by atoms with Crippen LogP contribution in [0.4, 0.5) is 0 Å². The Morgan fingerprint density at radius 3 is 2.57 bits per heavy atom. The normalized spacial score (nSPS) is 15.9. The quantitative estimate of drug-likeness (QED) is 0.852. The van der Waals surface area contributed by atoms with Crippen molar-refractivity contribution in [3.63, 3.8) is 0 Å². The molecule has 122 valence electrons. The summed E-state index contributed by atoms with van der Waals surface area (Å²) < 4.78 is 1.88. The van der Waals surface area contributed by atoms with E-state index in [1.54, 1.807) is 30.5 Å². The number of hydrogen-bond donors (Lipinski definition) is 0. The molecule has 5 nitrogen and oxygen atoms in total. The largest absolute Gasteiger partial charge is 0.336 e. The monoisotopic (exact) mass is 352 g/mol. The molecule has 1 aromatic carbocycles. The van der Waals surface area contributed by atoms with Gasteiger partial charge in [0.15, 0.2) is 0 Å². The minimum Gasteiger partial charge on any atom is -0.336 e. The van der Waals surface area contributed by atoms with E-state index in [2.05, 4.69) is 9.88 Å². The first-order valence-electron chi connectivity index (χ1n) is 7.48. The van der Waals surface area contributed by atoms with Gasteiger partial charge in [-0.25, -0.2) is 4.98 Å². The van der Waals surface area contributed by atoms with Crippen molar-refractivity contribution in [2.45, 2.75) is 6.54 Å². The second-order valence-corrected chi connectivity index (χ2v) is 6.46. The Morgan fingerprint density at radius 1 is 1.22 bits per heavy atom. The van der Waals surface area contributed by atoms with Crippen LogP contribution in [0.15, 0.2) is 30.5 Å². The van der Waals surface area contributed by atoms with E-state index < -0.39 is 0 Å². The van der Waals surface area contributed by atoms with Gasteiger partial charge in [-0.05, 0) is 18.2 Å².